The van der Waals surface area contributed by atoms with E-state index in [0.29, 0.717) is 28.5 Å². The number of hydrogen-bond acceptors (Lipinski definition) is 3. The number of phenolic OH excluding ortho intramolecular Hbond substituents is 1. The molecule has 0 saturated carbocycles. The second-order valence-electron chi connectivity index (χ2n) is 6.39. The van der Waals surface area contributed by atoms with Crippen LogP contribution in [0.15, 0.2) is 82.5 Å². The number of phenols is 1. The van der Waals surface area contributed by atoms with Gasteiger partial charge in [0.2, 0.25) is 0 Å². The van der Waals surface area contributed by atoms with Crippen LogP contribution in [0.5, 0.6) is 11.5 Å². The fourth-order valence-electron chi connectivity index (χ4n) is 3.10. The van der Waals surface area contributed by atoms with Crippen LogP contribution in [-0.2, 0) is 23.8 Å². The largest absolute Gasteiger partial charge is 0.508 e. The van der Waals surface area contributed by atoms with Crippen molar-refractivity contribution in [1.82, 2.24) is 0 Å². The van der Waals surface area contributed by atoms with Crippen molar-refractivity contribution in [3.05, 3.63) is 94.3 Å². The lowest BCUT2D eigenvalue weighted by molar-refractivity contribution is 0.305. The van der Waals surface area contributed by atoms with Gasteiger partial charge in [0, 0.05) is 0 Å². The van der Waals surface area contributed by atoms with Gasteiger partial charge in [0.15, 0.2) is 0 Å². The van der Waals surface area contributed by atoms with Crippen LogP contribution < -0.4 is 4.74 Å². The molecule has 0 fully saturated rings. The van der Waals surface area contributed by atoms with E-state index in [1.807, 2.05) is 60.7 Å². The standard InChI is InChI=1S/C22H17BO3S/c23-22-20(12-15-6-8-17(24)9-7-15)19-11-10-18(13-21(19)27(22)25)26-14-16-4-2-1-3-5-16/h1-11,13,24H,12,14H2. The Morgan fingerprint density at radius 3 is 2.41 bits per heavy atom. The van der Waals surface area contributed by atoms with Gasteiger partial charge in [-0.15, -0.1) is 0 Å². The van der Waals surface area contributed by atoms with Gasteiger partial charge in [-0.1, -0.05) is 42.5 Å². The monoisotopic (exact) mass is 372 g/mol. The van der Waals surface area contributed by atoms with E-state index in [9.17, 15) is 9.32 Å². The summed E-state index contributed by atoms with van der Waals surface area (Å²) >= 11 is 0. The van der Waals surface area contributed by atoms with Crippen LogP contribution in [0, 0.1) is 0 Å². The molecule has 1 atom stereocenters. The number of fused-ring (bicyclic) bond motifs is 1. The van der Waals surface area contributed by atoms with Gasteiger partial charge in [0.05, 0.1) is 15.7 Å². The quantitative estimate of drug-likeness (QED) is 0.684. The second-order valence-corrected chi connectivity index (χ2v) is 7.80. The highest BCUT2D eigenvalue weighted by Gasteiger charge is 2.25. The molecule has 4 rings (SSSR count). The van der Waals surface area contributed by atoms with Crippen molar-refractivity contribution in [3.63, 3.8) is 0 Å². The first kappa shape index (κ1) is 17.6. The predicted octanol–water partition coefficient (Wildman–Crippen LogP) is 4.17. The molecule has 0 spiro atoms. The van der Waals surface area contributed by atoms with Crippen molar-refractivity contribution in [1.29, 1.82) is 0 Å². The normalized spacial score (nSPS) is 15.6. The molecule has 0 amide bonds. The van der Waals surface area contributed by atoms with Gasteiger partial charge in [-0.3, -0.25) is 4.21 Å². The van der Waals surface area contributed by atoms with Gasteiger partial charge in [0.1, 0.15) is 26.0 Å². The third-order valence-corrected chi connectivity index (χ3v) is 5.92. The summed E-state index contributed by atoms with van der Waals surface area (Å²) < 4.78 is 18.6. The summed E-state index contributed by atoms with van der Waals surface area (Å²) in [4.78, 5) is 1.07. The number of allylic oxidation sites excluding steroid dienone is 1. The van der Waals surface area contributed by atoms with Gasteiger partial charge >= 0.3 is 0 Å². The minimum Gasteiger partial charge on any atom is -0.508 e. The molecule has 1 heterocycles. The van der Waals surface area contributed by atoms with E-state index in [1.54, 1.807) is 12.1 Å². The zero-order chi connectivity index (χ0) is 18.8. The number of hydrogen-bond donors (Lipinski definition) is 1. The van der Waals surface area contributed by atoms with Crippen LogP contribution in [-0.4, -0.2) is 17.2 Å². The molecular weight excluding hydrogens is 355 g/mol. The summed E-state index contributed by atoms with van der Waals surface area (Å²) in [6, 6.07) is 22.5. The average Bonchev–Trinajstić information content (AvgIpc) is 2.93. The summed E-state index contributed by atoms with van der Waals surface area (Å²) in [6.07, 6.45) is 0.565. The van der Waals surface area contributed by atoms with Gasteiger partial charge in [-0.25, -0.2) is 0 Å². The fraction of sp³-hybridized carbons (Fsp3) is 0.0909. The minimum atomic E-state index is -1.38. The molecule has 3 aromatic carbocycles. The zero-order valence-electron chi connectivity index (χ0n) is 14.6. The van der Waals surface area contributed by atoms with Crippen LogP contribution in [0.25, 0.3) is 5.57 Å². The second kappa shape index (κ2) is 7.45. The molecule has 132 valence electrons. The zero-order valence-corrected chi connectivity index (χ0v) is 15.4. The molecular formula is C22H17BO3S. The highest BCUT2D eigenvalue weighted by Crippen LogP contribution is 2.39. The van der Waals surface area contributed by atoms with Crippen LogP contribution in [0.1, 0.15) is 16.7 Å². The third-order valence-electron chi connectivity index (χ3n) is 4.54. The molecule has 0 bridgehead atoms. The van der Waals surface area contributed by atoms with Crippen molar-refractivity contribution >= 4 is 24.2 Å². The summed E-state index contributed by atoms with van der Waals surface area (Å²) in [5.74, 6) is 0.890. The molecule has 0 aromatic heterocycles. The lowest BCUT2D eigenvalue weighted by Crippen LogP contribution is -1.97. The first-order valence-electron chi connectivity index (χ1n) is 8.61. The molecule has 0 saturated heterocycles. The Balaban J connectivity index is 1.56. The summed E-state index contributed by atoms with van der Waals surface area (Å²) in [7, 11) is 4.77. The lowest BCUT2D eigenvalue weighted by Gasteiger charge is -2.10. The SMILES string of the molecule is [B]C1=C(Cc2ccc(O)cc2)c2ccc(OCc3ccccc3)cc2S1=O. The van der Waals surface area contributed by atoms with Crippen LogP contribution in [0.4, 0.5) is 0 Å². The Morgan fingerprint density at radius 2 is 1.67 bits per heavy atom. The summed E-state index contributed by atoms with van der Waals surface area (Å²) in [6.45, 7) is 0.454. The Hall–Kier alpha value is -2.79. The molecule has 3 nitrogen and oxygen atoms in total. The average molecular weight is 372 g/mol. The van der Waals surface area contributed by atoms with E-state index in [2.05, 4.69) is 0 Å². The fourth-order valence-corrected chi connectivity index (χ4v) is 4.36. The molecule has 1 aliphatic heterocycles. The van der Waals surface area contributed by atoms with Crippen molar-refractivity contribution in [3.8, 4) is 11.5 Å². The molecule has 27 heavy (non-hydrogen) atoms. The highest BCUT2D eigenvalue weighted by atomic mass is 32.2. The maximum absolute atomic E-state index is 12.7. The molecule has 1 aliphatic rings. The Morgan fingerprint density at radius 1 is 0.926 bits per heavy atom. The van der Waals surface area contributed by atoms with Crippen molar-refractivity contribution in [2.24, 2.45) is 0 Å². The minimum absolute atomic E-state index is 0.219. The van der Waals surface area contributed by atoms with Crippen LogP contribution >= 0.6 is 0 Å². The first-order chi connectivity index (χ1) is 13.1. The molecule has 1 N–H and O–H groups in total. The van der Waals surface area contributed by atoms with Crippen molar-refractivity contribution < 1.29 is 14.1 Å². The van der Waals surface area contributed by atoms with Crippen molar-refractivity contribution in [2.45, 2.75) is 17.9 Å². The maximum atomic E-state index is 12.7. The predicted molar refractivity (Wildman–Crippen MR) is 108 cm³/mol. The number of rotatable bonds is 5. The van der Waals surface area contributed by atoms with E-state index in [1.165, 1.54) is 0 Å². The molecule has 5 heteroatoms. The van der Waals surface area contributed by atoms with Gasteiger partial charge in [-0.05, 0) is 63.8 Å². The highest BCUT2D eigenvalue weighted by molar-refractivity contribution is 7.91. The van der Waals surface area contributed by atoms with E-state index in [0.717, 1.165) is 22.3 Å². The van der Waals surface area contributed by atoms with E-state index in [4.69, 9.17) is 12.6 Å². The van der Waals surface area contributed by atoms with Crippen molar-refractivity contribution in [2.75, 3.05) is 0 Å². The molecule has 2 radical (unpaired) electrons. The Labute approximate surface area is 162 Å². The van der Waals surface area contributed by atoms with Crippen LogP contribution in [0.2, 0.25) is 0 Å². The maximum Gasteiger partial charge on any atom is 0.127 e. The molecule has 3 aromatic rings. The van der Waals surface area contributed by atoms with E-state index in [-0.39, 0.29) is 5.75 Å². The smallest absolute Gasteiger partial charge is 0.127 e. The molecule has 1 unspecified atom stereocenters. The van der Waals surface area contributed by atoms with Gasteiger partial charge in [-0.2, -0.15) is 0 Å². The Bertz CT molecular complexity index is 1030. The summed E-state index contributed by atoms with van der Waals surface area (Å²) in [5, 5.41) is 9.43. The Kier molecular flexibility index (Phi) is 4.86. The lowest BCUT2D eigenvalue weighted by atomic mass is 9.92. The van der Waals surface area contributed by atoms with Crippen LogP contribution in [0.3, 0.4) is 0 Å². The number of benzene rings is 3. The van der Waals surface area contributed by atoms with Gasteiger partial charge in [0.25, 0.3) is 0 Å². The third kappa shape index (κ3) is 3.69. The summed E-state index contributed by atoms with van der Waals surface area (Å²) in [5.41, 5.74) is 3.83. The van der Waals surface area contributed by atoms with Gasteiger partial charge < -0.3 is 9.84 Å². The topological polar surface area (TPSA) is 46.5 Å². The van der Waals surface area contributed by atoms with E-state index < -0.39 is 10.8 Å². The number of ether oxygens (including phenoxy) is 1. The first-order valence-corrected chi connectivity index (χ1v) is 9.76. The number of aromatic hydroxyl groups is 1. The molecule has 0 aliphatic carbocycles. The van der Waals surface area contributed by atoms with E-state index >= 15 is 0 Å².